The lowest BCUT2D eigenvalue weighted by molar-refractivity contribution is 1.09. The average Bonchev–Trinajstić information content (AvgIpc) is 2.11. The van der Waals surface area contributed by atoms with Gasteiger partial charge in [0.25, 0.3) is 0 Å². The molecule has 0 aliphatic carbocycles. The minimum absolute atomic E-state index is 0. The Morgan fingerprint density at radius 3 is 1.38 bits per heavy atom. The molecular formula is C13H26. The predicted molar refractivity (Wildman–Crippen MR) is 65.2 cm³/mol. The maximum Gasteiger partial charge on any atom is -0.0398 e. The van der Waals surface area contributed by atoms with Crippen LogP contribution in [0.3, 0.4) is 0 Å². The fourth-order valence-corrected chi connectivity index (χ4v) is 0.534. The molecule has 13 heavy (non-hydrogen) atoms. The monoisotopic (exact) mass is 182 g/mol. The van der Waals surface area contributed by atoms with Crippen LogP contribution < -0.4 is 0 Å². The number of benzene rings is 1. The molecule has 0 atom stereocenters. The molecule has 0 saturated carbocycles. The van der Waals surface area contributed by atoms with E-state index in [1.807, 2.05) is 32.0 Å². The summed E-state index contributed by atoms with van der Waals surface area (Å²) < 4.78 is 0. The van der Waals surface area contributed by atoms with E-state index in [0.717, 1.165) is 0 Å². The van der Waals surface area contributed by atoms with Crippen molar-refractivity contribution in [3.8, 4) is 0 Å². The first-order valence-electron chi connectivity index (χ1n) is 4.82. The zero-order chi connectivity index (χ0) is 9.82. The fourth-order valence-electron chi connectivity index (χ4n) is 0.534. The summed E-state index contributed by atoms with van der Waals surface area (Å²) in [7, 11) is 0. The number of hydrogen-bond acceptors (Lipinski definition) is 0. The Morgan fingerprint density at radius 2 is 1.23 bits per heavy atom. The molecule has 0 unspecified atom stereocenters. The smallest absolute Gasteiger partial charge is 0.0398 e. The van der Waals surface area contributed by atoms with E-state index < -0.39 is 0 Å². The van der Waals surface area contributed by atoms with Gasteiger partial charge >= 0.3 is 0 Å². The highest BCUT2D eigenvalue weighted by molar-refractivity contribution is 5.11. The van der Waals surface area contributed by atoms with E-state index in [-0.39, 0.29) is 7.43 Å². The zero-order valence-electron chi connectivity index (χ0n) is 9.09. The lowest BCUT2D eigenvalue weighted by atomic mass is 10.2. The molecule has 0 spiro atoms. The van der Waals surface area contributed by atoms with Gasteiger partial charge < -0.3 is 0 Å². The van der Waals surface area contributed by atoms with Crippen molar-refractivity contribution in [1.82, 2.24) is 0 Å². The zero-order valence-corrected chi connectivity index (χ0v) is 9.09. The van der Waals surface area contributed by atoms with Crippen molar-refractivity contribution in [2.75, 3.05) is 0 Å². The van der Waals surface area contributed by atoms with Crippen molar-refractivity contribution in [3.63, 3.8) is 0 Å². The van der Waals surface area contributed by atoms with Crippen molar-refractivity contribution in [2.24, 2.45) is 0 Å². The summed E-state index contributed by atoms with van der Waals surface area (Å²) >= 11 is 0. The van der Waals surface area contributed by atoms with Crippen LogP contribution in [0, 0.1) is 6.92 Å². The van der Waals surface area contributed by atoms with Crippen LogP contribution in [0.1, 0.15) is 47.1 Å². The molecule has 0 heteroatoms. The standard InChI is InChI=1S/C7H8.C3H8.C2H6.CH4/c1-7-5-3-2-4-6-7;1-3-2;1-2;/h2-6H,1H3;3H2,1-2H3;1-2H3;1H4. The number of aryl methyl sites for hydroxylation is 1. The first-order chi connectivity index (χ1) is 5.81. The summed E-state index contributed by atoms with van der Waals surface area (Å²) in [6.07, 6.45) is 1.25. The van der Waals surface area contributed by atoms with E-state index >= 15 is 0 Å². The van der Waals surface area contributed by atoms with E-state index in [2.05, 4.69) is 32.9 Å². The third-order valence-electron chi connectivity index (χ3n) is 0.940. The fraction of sp³-hybridized carbons (Fsp3) is 0.538. The second-order valence-corrected chi connectivity index (χ2v) is 2.36. The van der Waals surface area contributed by atoms with Crippen molar-refractivity contribution in [3.05, 3.63) is 35.9 Å². The Morgan fingerprint density at radius 1 is 0.923 bits per heavy atom. The molecule has 0 fully saturated rings. The summed E-state index contributed by atoms with van der Waals surface area (Å²) in [5.74, 6) is 0. The summed E-state index contributed by atoms with van der Waals surface area (Å²) in [4.78, 5) is 0. The van der Waals surface area contributed by atoms with Gasteiger partial charge in [-0.1, -0.05) is 77.4 Å². The molecule has 0 heterocycles. The summed E-state index contributed by atoms with van der Waals surface area (Å²) in [6, 6.07) is 10.3. The molecule has 1 aromatic rings. The maximum atomic E-state index is 2.12. The van der Waals surface area contributed by atoms with Gasteiger partial charge in [0, 0.05) is 0 Å². The van der Waals surface area contributed by atoms with Crippen molar-refractivity contribution < 1.29 is 0 Å². The third kappa shape index (κ3) is 18.3. The molecule has 1 aromatic carbocycles. The normalized spacial score (nSPS) is 6.54. The van der Waals surface area contributed by atoms with Gasteiger partial charge in [0.05, 0.1) is 0 Å². The molecule has 0 aromatic heterocycles. The van der Waals surface area contributed by atoms with E-state index in [1.165, 1.54) is 12.0 Å². The van der Waals surface area contributed by atoms with Gasteiger partial charge in [-0.15, -0.1) is 0 Å². The molecule has 0 saturated heterocycles. The van der Waals surface area contributed by atoms with Crippen LogP contribution in [0.2, 0.25) is 0 Å². The third-order valence-corrected chi connectivity index (χ3v) is 0.940. The second kappa shape index (κ2) is 17.3. The summed E-state index contributed by atoms with van der Waals surface area (Å²) in [5.41, 5.74) is 1.32. The molecule has 0 aliphatic heterocycles. The molecule has 0 nitrogen and oxygen atoms in total. The molecule has 1 rings (SSSR count). The number of hydrogen-bond donors (Lipinski definition) is 0. The quantitative estimate of drug-likeness (QED) is 0.525. The Bertz CT molecular complexity index is 141. The predicted octanol–water partition coefficient (Wildman–Crippen LogP) is 5.07. The average molecular weight is 182 g/mol. The van der Waals surface area contributed by atoms with Crippen LogP contribution in [0.5, 0.6) is 0 Å². The first kappa shape index (κ1) is 18.1. The Balaban J connectivity index is -0.000000146. The molecule has 0 N–H and O–H groups in total. The molecule has 78 valence electrons. The highest BCUT2D eigenvalue weighted by Gasteiger charge is 1.72. The van der Waals surface area contributed by atoms with Gasteiger partial charge in [0.2, 0.25) is 0 Å². The van der Waals surface area contributed by atoms with Crippen LogP contribution >= 0.6 is 0 Å². The number of rotatable bonds is 0. The minimum atomic E-state index is 0. The first-order valence-corrected chi connectivity index (χ1v) is 4.82. The van der Waals surface area contributed by atoms with E-state index in [9.17, 15) is 0 Å². The highest BCUT2D eigenvalue weighted by atomic mass is 13.8. The second-order valence-electron chi connectivity index (χ2n) is 2.36. The topological polar surface area (TPSA) is 0 Å². The van der Waals surface area contributed by atoms with Gasteiger partial charge in [-0.25, -0.2) is 0 Å². The lowest BCUT2D eigenvalue weighted by Crippen LogP contribution is -1.62. The lowest BCUT2D eigenvalue weighted by Gasteiger charge is -1.82. The summed E-state index contributed by atoms with van der Waals surface area (Å²) in [5, 5.41) is 0. The molecule has 0 amide bonds. The van der Waals surface area contributed by atoms with E-state index in [0.29, 0.717) is 0 Å². The summed E-state index contributed by atoms with van der Waals surface area (Å²) in [6.45, 7) is 10.3. The van der Waals surface area contributed by atoms with Crippen molar-refractivity contribution >= 4 is 0 Å². The Hall–Kier alpha value is -0.780. The van der Waals surface area contributed by atoms with Gasteiger partial charge in [0.15, 0.2) is 0 Å². The van der Waals surface area contributed by atoms with Crippen LogP contribution in [0.15, 0.2) is 30.3 Å². The molecule has 0 bridgehead atoms. The molecular weight excluding hydrogens is 156 g/mol. The highest BCUT2D eigenvalue weighted by Crippen LogP contribution is 1.92. The van der Waals surface area contributed by atoms with E-state index in [1.54, 1.807) is 0 Å². The molecule has 0 aliphatic rings. The van der Waals surface area contributed by atoms with Gasteiger partial charge in [-0.2, -0.15) is 0 Å². The molecule has 0 radical (unpaired) electrons. The minimum Gasteiger partial charge on any atom is -0.0776 e. The van der Waals surface area contributed by atoms with E-state index in [4.69, 9.17) is 0 Å². The van der Waals surface area contributed by atoms with Crippen molar-refractivity contribution in [2.45, 2.75) is 48.5 Å². The van der Waals surface area contributed by atoms with Gasteiger partial charge in [-0.3, -0.25) is 0 Å². The maximum absolute atomic E-state index is 2.12. The van der Waals surface area contributed by atoms with Gasteiger partial charge in [0.1, 0.15) is 0 Å². The Labute approximate surface area is 85.0 Å². The van der Waals surface area contributed by atoms with Gasteiger partial charge in [-0.05, 0) is 6.92 Å². The van der Waals surface area contributed by atoms with Crippen LogP contribution in [-0.2, 0) is 0 Å². The largest absolute Gasteiger partial charge is 0.0776 e. The van der Waals surface area contributed by atoms with Crippen LogP contribution in [0.25, 0.3) is 0 Å². The van der Waals surface area contributed by atoms with Crippen molar-refractivity contribution in [1.29, 1.82) is 0 Å². The Kier molecular flexibility index (Phi) is 24.1. The van der Waals surface area contributed by atoms with Crippen LogP contribution in [0.4, 0.5) is 0 Å². The van der Waals surface area contributed by atoms with Crippen LogP contribution in [-0.4, -0.2) is 0 Å². The SMILES string of the molecule is C.CC.CCC.Cc1ccccc1.